The molecule has 0 aromatic carbocycles. The van der Waals surface area contributed by atoms with E-state index in [0.29, 0.717) is 6.04 Å². The molecule has 0 spiro atoms. The molecule has 0 aromatic rings. The summed E-state index contributed by atoms with van der Waals surface area (Å²) in [6, 6.07) is 0.684. The van der Waals surface area contributed by atoms with Crippen LogP contribution in [0, 0.1) is 11.8 Å². The quantitative estimate of drug-likeness (QED) is 0.648. The lowest BCUT2D eigenvalue weighted by Gasteiger charge is -2.43. The van der Waals surface area contributed by atoms with Gasteiger partial charge in [-0.1, -0.05) is 44.6 Å². The number of rotatable bonds is 2. The fraction of sp³-hybridized carbons (Fsp3) is 0.692. The lowest BCUT2D eigenvalue weighted by Crippen LogP contribution is -2.47. The maximum atomic E-state index is 2.61. The molecule has 1 saturated heterocycles. The fourth-order valence-electron chi connectivity index (χ4n) is 2.93. The van der Waals surface area contributed by atoms with E-state index < -0.39 is 0 Å². The van der Waals surface area contributed by atoms with Gasteiger partial charge in [-0.25, -0.2) is 0 Å². The van der Waals surface area contributed by atoms with E-state index in [1.807, 2.05) is 0 Å². The van der Waals surface area contributed by atoms with Gasteiger partial charge < -0.3 is 0 Å². The molecule has 3 unspecified atom stereocenters. The van der Waals surface area contributed by atoms with E-state index in [0.717, 1.165) is 11.8 Å². The maximum absolute atomic E-state index is 2.61. The predicted octanol–water partition coefficient (Wildman–Crippen LogP) is 2.85. The van der Waals surface area contributed by atoms with Gasteiger partial charge in [0.25, 0.3) is 0 Å². The average molecular weight is 191 g/mol. The second kappa shape index (κ2) is 4.31. The fourth-order valence-corrected chi connectivity index (χ4v) is 2.93. The van der Waals surface area contributed by atoms with Gasteiger partial charge in [0.05, 0.1) is 0 Å². The zero-order valence-electron chi connectivity index (χ0n) is 9.32. The molecule has 14 heavy (non-hydrogen) atoms. The number of allylic oxidation sites excluding steroid dienone is 2. The van der Waals surface area contributed by atoms with Crippen LogP contribution in [0.2, 0.25) is 0 Å². The van der Waals surface area contributed by atoms with Crippen LogP contribution in [0.25, 0.3) is 0 Å². The Balaban J connectivity index is 2.15. The monoisotopic (exact) mass is 191 g/mol. The Kier molecular flexibility index (Phi) is 3.07. The highest BCUT2D eigenvalue weighted by Gasteiger charge is 2.33. The van der Waals surface area contributed by atoms with Crippen molar-refractivity contribution in [2.75, 3.05) is 13.1 Å². The molecule has 2 aliphatic rings. The van der Waals surface area contributed by atoms with Gasteiger partial charge in [0.2, 0.25) is 0 Å². The first kappa shape index (κ1) is 9.97. The molecule has 2 rings (SSSR count). The Labute approximate surface area is 87.5 Å². The summed E-state index contributed by atoms with van der Waals surface area (Å²) in [5.41, 5.74) is 0. The predicted molar refractivity (Wildman–Crippen MR) is 61.2 cm³/mol. The van der Waals surface area contributed by atoms with Crippen molar-refractivity contribution in [3.8, 4) is 0 Å². The minimum atomic E-state index is 0.684. The van der Waals surface area contributed by atoms with Crippen molar-refractivity contribution in [3.05, 3.63) is 24.3 Å². The maximum Gasteiger partial charge on any atom is 0.0346 e. The minimum absolute atomic E-state index is 0.684. The number of likely N-dealkylation sites (tertiary alicyclic amines) is 1. The van der Waals surface area contributed by atoms with E-state index in [-0.39, 0.29) is 0 Å². The van der Waals surface area contributed by atoms with Crippen LogP contribution in [-0.2, 0) is 0 Å². The Morgan fingerprint density at radius 1 is 1.21 bits per heavy atom. The topological polar surface area (TPSA) is 3.24 Å². The van der Waals surface area contributed by atoms with Crippen LogP contribution in [0.3, 0.4) is 0 Å². The lowest BCUT2D eigenvalue weighted by molar-refractivity contribution is 0.102. The Hall–Kier alpha value is -0.560. The van der Waals surface area contributed by atoms with Crippen LogP contribution in [0.5, 0.6) is 0 Å². The SMILES string of the molecule is CCC1CCN(CC)C2C=CC=CC12. The first-order chi connectivity index (χ1) is 6.86. The number of likely N-dealkylation sites (N-methyl/N-ethyl adjacent to an activating group) is 1. The molecule has 1 aliphatic heterocycles. The van der Waals surface area contributed by atoms with Gasteiger partial charge in [0.1, 0.15) is 0 Å². The van der Waals surface area contributed by atoms with Crippen molar-refractivity contribution in [2.45, 2.75) is 32.7 Å². The Bertz CT molecular complexity index is 216. The molecular weight excluding hydrogens is 170 g/mol. The molecular formula is C13H21N. The molecule has 0 bridgehead atoms. The van der Waals surface area contributed by atoms with E-state index in [4.69, 9.17) is 0 Å². The normalized spacial score (nSPS) is 37.1. The van der Waals surface area contributed by atoms with Crippen LogP contribution in [-0.4, -0.2) is 24.0 Å². The minimum Gasteiger partial charge on any atom is -0.297 e. The molecule has 1 heteroatoms. The van der Waals surface area contributed by atoms with Gasteiger partial charge in [-0.2, -0.15) is 0 Å². The second-order valence-corrected chi connectivity index (χ2v) is 4.42. The van der Waals surface area contributed by atoms with Crippen molar-refractivity contribution in [2.24, 2.45) is 11.8 Å². The van der Waals surface area contributed by atoms with E-state index in [1.165, 1.54) is 25.9 Å². The summed E-state index contributed by atoms with van der Waals surface area (Å²) < 4.78 is 0. The third kappa shape index (κ3) is 1.66. The summed E-state index contributed by atoms with van der Waals surface area (Å²) in [5, 5.41) is 0. The highest BCUT2D eigenvalue weighted by atomic mass is 15.2. The molecule has 1 heterocycles. The molecule has 3 atom stereocenters. The second-order valence-electron chi connectivity index (χ2n) is 4.42. The van der Waals surface area contributed by atoms with Crippen molar-refractivity contribution >= 4 is 0 Å². The number of hydrogen-bond donors (Lipinski definition) is 0. The summed E-state index contributed by atoms with van der Waals surface area (Å²) in [6.45, 7) is 7.08. The van der Waals surface area contributed by atoms with Gasteiger partial charge in [-0.15, -0.1) is 0 Å². The molecule has 0 saturated carbocycles. The Morgan fingerprint density at radius 2 is 2.00 bits per heavy atom. The summed E-state index contributed by atoms with van der Waals surface area (Å²) in [5.74, 6) is 1.68. The molecule has 0 amide bonds. The van der Waals surface area contributed by atoms with E-state index >= 15 is 0 Å². The largest absolute Gasteiger partial charge is 0.297 e. The zero-order chi connectivity index (χ0) is 9.97. The zero-order valence-corrected chi connectivity index (χ0v) is 9.32. The van der Waals surface area contributed by atoms with Gasteiger partial charge in [-0.3, -0.25) is 4.90 Å². The third-order valence-electron chi connectivity index (χ3n) is 3.83. The molecule has 1 aliphatic carbocycles. The summed E-state index contributed by atoms with van der Waals surface area (Å²) >= 11 is 0. The van der Waals surface area contributed by atoms with Crippen LogP contribution in [0.1, 0.15) is 26.7 Å². The molecule has 1 nitrogen and oxygen atoms in total. The molecule has 0 radical (unpaired) electrons. The number of nitrogens with zero attached hydrogens (tertiary/aromatic N) is 1. The van der Waals surface area contributed by atoms with Crippen LogP contribution in [0.15, 0.2) is 24.3 Å². The molecule has 1 fully saturated rings. The van der Waals surface area contributed by atoms with Crippen molar-refractivity contribution in [3.63, 3.8) is 0 Å². The Morgan fingerprint density at radius 3 is 2.71 bits per heavy atom. The smallest absolute Gasteiger partial charge is 0.0346 e. The van der Waals surface area contributed by atoms with Gasteiger partial charge >= 0.3 is 0 Å². The number of piperidine rings is 1. The van der Waals surface area contributed by atoms with Crippen LogP contribution in [0.4, 0.5) is 0 Å². The van der Waals surface area contributed by atoms with Gasteiger partial charge in [0, 0.05) is 6.04 Å². The van der Waals surface area contributed by atoms with Crippen molar-refractivity contribution in [1.29, 1.82) is 0 Å². The summed E-state index contributed by atoms with van der Waals surface area (Å²) in [6.07, 6.45) is 11.9. The first-order valence-electron chi connectivity index (χ1n) is 5.95. The van der Waals surface area contributed by atoms with Gasteiger partial charge in [-0.05, 0) is 31.3 Å². The van der Waals surface area contributed by atoms with E-state index in [1.54, 1.807) is 0 Å². The summed E-state index contributed by atoms with van der Waals surface area (Å²) in [7, 11) is 0. The molecule has 0 aromatic heterocycles. The number of hydrogen-bond acceptors (Lipinski definition) is 1. The van der Waals surface area contributed by atoms with Crippen molar-refractivity contribution in [1.82, 2.24) is 4.90 Å². The highest BCUT2D eigenvalue weighted by Crippen LogP contribution is 2.34. The van der Waals surface area contributed by atoms with E-state index in [2.05, 4.69) is 43.1 Å². The number of fused-ring (bicyclic) bond motifs is 1. The third-order valence-corrected chi connectivity index (χ3v) is 3.83. The highest BCUT2D eigenvalue weighted by molar-refractivity contribution is 5.19. The molecule has 78 valence electrons. The standard InChI is InChI=1S/C13H21N/c1-3-11-9-10-14(4-2)13-8-6-5-7-12(11)13/h5-8,11-13H,3-4,9-10H2,1-2H3. The summed E-state index contributed by atoms with van der Waals surface area (Å²) in [4.78, 5) is 2.61. The molecule has 0 N–H and O–H groups in total. The van der Waals surface area contributed by atoms with Gasteiger partial charge in [0.15, 0.2) is 0 Å². The van der Waals surface area contributed by atoms with E-state index in [9.17, 15) is 0 Å². The van der Waals surface area contributed by atoms with Crippen molar-refractivity contribution < 1.29 is 0 Å². The lowest BCUT2D eigenvalue weighted by atomic mass is 9.76. The first-order valence-corrected chi connectivity index (χ1v) is 5.95. The average Bonchev–Trinajstić information content (AvgIpc) is 2.27. The van der Waals surface area contributed by atoms with Crippen LogP contribution < -0.4 is 0 Å². The van der Waals surface area contributed by atoms with Crippen LogP contribution >= 0.6 is 0 Å².